The van der Waals surface area contributed by atoms with Gasteiger partial charge in [-0.15, -0.1) is 0 Å². The second kappa shape index (κ2) is 8.67. The fourth-order valence-electron chi connectivity index (χ4n) is 1.22. The lowest BCUT2D eigenvalue weighted by Crippen LogP contribution is -2.46. The largest absolute Gasteiger partial charge is 0.421 e. The van der Waals surface area contributed by atoms with Crippen LogP contribution in [-0.4, -0.2) is 39.8 Å². The van der Waals surface area contributed by atoms with Gasteiger partial charge in [0.2, 0.25) is 18.7 Å². The van der Waals surface area contributed by atoms with Crippen LogP contribution in [0.25, 0.3) is 0 Å². The molecule has 0 aromatic carbocycles. The quantitative estimate of drug-likeness (QED) is 0.618. The first-order valence-electron chi connectivity index (χ1n) is 5.80. The fourth-order valence-corrected chi connectivity index (χ4v) is 1.22. The molecule has 2 unspecified atom stereocenters. The number of nitrogens with zero attached hydrogens (tertiary/aromatic N) is 2. The van der Waals surface area contributed by atoms with Crippen LogP contribution in [0.15, 0.2) is 0 Å². The number of halogens is 3. The second-order valence-electron chi connectivity index (χ2n) is 4.92. The predicted octanol–water partition coefficient (Wildman–Crippen LogP) is 2.13. The SMILES string of the molecule is CC(C)C(C(O)C(F)(F)F)[N+](=O)[O-].CC(C)C[N+](=O)[O-]. The lowest BCUT2D eigenvalue weighted by atomic mass is 9.99. The van der Waals surface area contributed by atoms with Crippen molar-refractivity contribution >= 4 is 0 Å². The molecule has 0 saturated carbocycles. The molecular formula is C10H19F3N2O5. The smallest absolute Gasteiger partial charge is 0.378 e. The molecule has 0 aromatic heterocycles. The Balaban J connectivity index is 0. The summed E-state index contributed by atoms with van der Waals surface area (Å²) in [6.07, 6.45) is -7.84. The fraction of sp³-hybridized carbons (Fsp3) is 1.00. The van der Waals surface area contributed by atoms with E-state index in [2.05, 4.69) is 0 Å². The molecule has 0 spiro atoms. The Hall–Kier alpha value is -1.45. The van der Waals surface area contributed by atoms with Gasteiger partial charge in [0.1, 0.15) is 0 Å². The van der Waals surface area contributed by atoms with Crippen LogP contribution in [0.5, 0.6) is 0 Å². The summed E-state index contributed by atoms with van der Waals surface area (Å²) < 4.78 is 35.6. The Morgan fingerprint density at radius 3 is 1.55 bits per heavy atom. The molecular weight excluding hydrogens is 285 g/mol. The van der Waals surface area contributed by atoms with Gasteiger partial charge in [0.25, 0.3) is 0 Å². The number of alkyl halides is 3. The van der Waals surface area contributed by atoms with Crippen molar-refractivity contribution in [3.63, 3.8) is 0 Å². The van der Waals surface area contributed by atoms with E-state index >= 15 is 0 Å². The van der Waals surface area contributed by atoms with Gasteiger partial charge in [-0.2, -0.15) is 13.2 Å². The first kappa shape index (κ1) is 20.9. The van der Waals surface area contributed by atoms with Gasteiger partial charge in [-0.1, -0.05) is 27.7 Å². The van der Waals surface area contributed by atoms with Gasteiger partial charge in [-0.05, 0) is 0 Å². The van der Waals surface area contributed by atoms with Crippen LogP contribution >= 0.6 is 0 Å². The molecule has 0 aliphatic rings. The molecule has 0 aliphatic heterocycles. The second-order valence-corrected chi connectivity index (χ2v) is 4.92. The van der Waals surface area contributed by atoms with Crippen molar-refractivity contribution < 1.29 is 28.1 Å². The minimum Gasteiger partial charge on any atom is -0.378 e. The number of rotatable bonds is 5. The summed E-state index contributed by atoms with van der Waals surface area (Å²) in [5.41, 5.74) is 0. The highest BCUT2D eigenvalue weighted by atomic mass is 19.4. The maximum absolute atomic E-state index is 11.9. The minimum atomic E-state index is -4.94. The molecule has 0 bridgehead atoms. The van der Waals surface area contributed by atoms with Crippen molar-refractivity contribution in [2.45, 2.75) is 46.0 Å². The van der Waals surface area contributed by atoms with E-state index in [0.29, 0.717) is 0 Å². The average Bonchev–Trinajstić information content (AvgIpc) is 2.12. The first-order chi connectivity index (χ1) is 8.80. The van der Waals surface area contributed by atoms with Crippen molar-refractivity contribution in [2.75, 3.05) is 6.54 Å². The third-order valence-electron chi connectivity index (χ3n) is 2.10. The summed E-state index contributed by atoms with van der Waals surface area (Å²) in [4.78, 5) is 18.4. The van der Waals surface area contributed by atoms with Gasteiger partial charge < -0.3 is 5.11 Å². The highest BCUT2D eigenvalue weighted by molar-refractivity contribution is 4.77. The van der Waals surface area contributed by atoms with E-state index in [-0.39, 0.29) is 17.4 Å². The number of hydrogen-bond donors (Lipinski definition) is 1. The summed E-state index contributed by atoms with van der Waals surface area (Å²) in [5.74, 6) is -0.693. The van der Waals surface area contributed by atoms with Crippen LogP contribution in [0.1, 0.15) is 27.7 Å². The molecule has 0 rings (SSSR count). The monoisotopic (exact) mass is 304 g/mol. The van der Waals surface area contributed by atoms with Crippen LogP contribution in [0.3, 0.4) is 0 Å². The number of nitro groups is 2. The molecule has 0 saturated heterocycles. The Morgan fingerprint density at radius 1 is 1.10 bits per heavy atom. The Labute approximate surface area is 114 Å². The molecule has 0 aromatic rings. The molecule has 2 atom stereocenters. The topological polar surface area (TPSA) is 107 Å². The van der Waals surface area contributed by atoms with E-state index in [1.807, 2.05) is 13.8 Å². The van der Waals surface area contributed by atoms with Gasteiger partial charge in [0, 0.05) is 21.7 Å². The zero-order valence-corrected chi connectivity index (χ0v) is 11.6. The summed E-state index contributed by atoms with van der Waals surface area (Å²) in [6, 6.07) is -2.00. The molecule has 7 nitrogen and oxygen atoms in total. The lowest BCUT2D eigenvalue weighted by molar-refractivity contribution is -0.552. The van der Waals surface area contributed by atoms with Crippen molar-refractivity contribution in [3.05, 3.63) is 20.2 Å². The Bertz CT molecular complexity index is 321. The maximum Gasteiger partial charge on any atom is 0.421 e. The number of aliphatic hydroxyl groups is 1. The summed E-state index contributed by atoms with van der Waals surface area (Å²) in [5, 5.41) is 28.4. The normalized spacial score (nSPS) is 14.5. The van der Waals surface area contributed by atoms with Gasteiger partial charge in [0.15, 0.2) is 0 Å². The molecule has 20 heavy (non-hydrogen) atoms. The Morgan fingerprint density at radius 2 is 1.50 bits per heavy atom. The standard InChI is InChI=1S/C6H10F3NO3.C4H9NO2/c1-3(2)4(10(12)13)5(11)6(7,8)9;1-4(2)3-5(6)7/h3-5,11H,1-2H3;4H,3H2,1-2H3. The van der Waals surface area contributed by atoms with Crippen molar-refractivity contribution in [1.82, 2.24) is 0 Å². The summed E-state index contributed by atoms with van der Waals surface area (Å²) in [7, 11) is 0. The van der Waals surface area contributed by atoms with Gasteiger partial charge >= 0.3 is 6.18 Å². The molecule has 10 heteroatoms. The van der Waals surface area contributed by atoms with E-state index in [1.54, 1.807) is 0 Å². The van der Waals surface area contributed by atoms with Crippen LogP contribution in [-0.2, 0) is 0 Å². The number of hydrogen-bond acceptors (Lipinski definition) is 5. The van der Waals surface area contributed by atoms with Gasteiger partial charge in [-0.3, -0.25) is 20.2 Å². The molecule has 1 N–H and O–H groups in total. The van der Waals surface area contributed by atoms with Crippen LogP contribution in [0.4, 0.5) is 13.2 Å². The average molecular weight is 304 g/mol. The summed E-state index contributed by atoms with van der Waals surface area (Å²) in [6.45, 7) is 6.23. The molecule has 120 valence electrons. The highest BCUT2D eigenvalue weighted by Crippen LogP contribution is 2.26. The zero-order valence-electron chi connectivity index (χ0n) is 11.6. The lowest BCUT2D eigenvalue weighted by Gasteiger charge is -2.20. The van der Waals surface area contributed by atoms with Crippen molar-refractivity contribution in [2.24, 2.45) is 11.8 Å². The van der Waals surface area contributed by atoms with Crippen molar-refractivity contribution in [1.29, 1.82) is 0 Å². The molecule has 0 radical (unpaired) electrons. The third kappa shape index (κ3) is 9.48. The van der Waals surface area contributed by atoms with Crippen LogP contribution < -0.4 is 0 Å². The molecule has 0 fully saturated rings. The summed E-state index contributed by atoms with van der Waals surface area (Å²) >= 11 is 0. The van der Waals surface area contributed by atoms with E-state index in [0.717, 1.165) is 0 Å². The van der Waals surface area contributed by atoms with Crippen LogP contribution in [0, 0.1) is 32.1 Å². The molecule has 0 aliphatic carbocycles. The van der Waals surface area contributed by atoms with E-state index in [9.17, 15) is 33.4 Å². The van der Waals surface area contributed by atoms with E-state index < -0.39 is 29.2 Å². The van der Waals surface area contributed by atoms with E-state index in [4.69, 9.17) is 5.11 Å². The Kier molecular flexibility index (Phi) is 9.04. The highest BCUT2D eigenvalue weighted by Gasteiger charge is 2.50. The minimum absolute atomic E-state index is 0.0833. The molecule has 0 heterocycles. The van der Waals surface area contributed by atoms with Gasteiger partial charge in [0.05, 0.1) is 0 Å². The number of aliphatic hydroxyl groups excluding tert-OH is 1. The first-order valence-corrected chi connectivity index (χ1v) is 5.80. The maximum atomic E-state index is 11.9. The zero-order chi connectivity index (χ0) is 16.7. The third-order valence-corrected chi connectivity index (χ3v) is 2.10. The predicted molar refractivity (Wildman–Crippen MR) is 64.4 cm³/mol. The van der Waals surface area contributed by atoms with Crippen molar-refractivity contribution in [3.8, 4) is 0 Å². The van der Waals surface area contributed by atoms with Gasteiger partial charge in [-0.25, -0.2) is 0 Å². The van der Waals surface area contributed by atoms with Crippen LogP contribution in [0.2, 0.25) is 0 Å². The van der Waals surface area contributed by atoms with E-state index in [1.165, 1.54) is 13.8 Å². The molecule has 0 amide bonds.